The summed E-state index contributed by atoms with van der Waals surface area (Å²) in [5, 5.41) is 9.49. The van der Waals surface area contributed by atoms with E-state index in [1.54, 1.807) is 0 Å². The molecule has 0 aromatic heterocycles. The van der Waals surface area contributed by atoms with Crippen LogP contribution in [0, 0.1) is 0 Å². The fourth-order valence-corrected chi connectivity index (χ4v) is 2.97. The molecule has 0 amide bonds. The lowest BCUT2D eigenvalue weighted by molar-refractivity contribution is -0.301. The van der Waals surface area contributed by atoms with E-state index in [1.165, 1.54) is 14.2 Å². The van der Waals surface area contributed by atoms with Gasteiger partial charge in [0.2, 0.25) is 0 Å². The largest absolute Gasteiger partial charge is 0.469 e. The second-order valence-corrected chi connectivity index (χ2v) is 5.58. The van der Waals surface area contributed by atoms with Crippen LogP contribution in [-0.4, -0.2) is 81.2 Å². The maximum atomic E-state index is 11.4. The van der Waals surface area contributed by atoms with Crippen molar-refractivity contribution in [2.45, 2.75) is 56.1 Å². The molecule has 0 aromatic rings. The topological polar surface area (TPSA) is 119 Å². The second kappa shape index (κ2) is 7.30. The van der Waals surface area contributed by atoms with Crippen molar-refractivity contribution in [2.24, 2.45) is 0 Å². The number of aliphatic hydroxyl groups excluding tert-OH is 1. The van der Waals surface area contributed by atoms with Crippen molar-refractivity contribution in [2.75, 3.05) is 20.8 Å². The highest BCUT2D eigenvalue weighted by Crippen LogP contribution is 2.40. The van der Waals surface area contributed by atoms with Crippen LogP contribution in [0.5, 0.6) is 0 Å². The number of carbonyl (C=O) groups excluding carboxylic acids is 2. The van der Waals surface area contributed by atoms with Crippen LogP contribution in [0.1, 0.15) is 12.8 Å². The Morgan fingerprint density at radius 3 is 2.00 bits per heavy atom. The molecule has 3 fully saturated rings. The Bertz CT molecular complexity index is 482. The highest BCUT2D eigenvalue weighted by molar-refractivity contribution is 5.69. The molecular weight excluding hydrogens is 328 g/mol. The van der Waals surface area contributed by atoms with Gasteiger partial charge in [-0.2, -0.15) is 0 Å². The molecule has 3 rings (SSSR count). The SMILES string of the molecule is COC(=O)CC1OC2OC3C(CO)OC(CC(=O)OC)OC3C2O1. The number of hydrogen-bond acceptors (Lipinski definition) is 10. The van der Waals surface area contributed by atoms with Crippen LogP contribution in [0.25, 0.3) is 0 Å². The van der Waals surface area contributed by atoms with Crippen LogP contribution in [0.2, 0.25) is 0 Å². The zero-order chi connectivity index (χ0) is 17.3. The van der Waals surface area contributed by atoms with Crippen LogP contribution in [-0.2, 0) is 42.7 Å². The average molecular weight is 348 g/mol. The normalized spacial score (nSPS) is 40.7. The Balaban J connectivity index is 1.65. The first-order chi connectivity index (χ1) is 11.5. The third-order valence-corrected chi connectivity index (χ3v) is 4.11. The van der Waals surface area contributed by atoms with E-state index in [0.717, 1.165) is 0 Å². The molecule has 7 unspecified atom stereocenters. The first-order valence-corrected chi connectivity index (χ1v) is 7.57. The van der Waals surface area contributed by atoms with Gasteiger partial charge >= 0.3 is 11.9 Å². The molecule has 0 spiro atoms. The third-order valence-electron chi connectivity index (χ3n) is 4.11. The summed E-state index contributed by atoms with van der Waals surface area (Å²) in [5.41, 5.74) is 0. The summed E-state index contributed by atoms with van der Waals surface area (Å²) in [6.07, 6.45) is -5.11. The van der Waals surface area contributed by atoms with Gasteiger partial charge in [-0.3, -0.25) is 9.59 Å². The van der Waals surface area contributed by atoms with Crippen molar-refractivity contribution >= 4 is 11.9 Å². The fraction of sp³-hybridized carbons (Fsp3) is 0.857. The molecule has 136 valence electrons. The summed E-state index contributed by atoms with van der Waals surface area (Å²) in [5.74, 6) is -0.973. The van der Waals surface area contributed by atoms with Crippen molar-refractivity contribution in [3.63, 3.8) is 0 Å². The number of hydrogen-bond donors (Lipinski definition) is 1. The lowest BCUT2D eigenvalue weighted by Crippen LogP contribution is -2.53. The minimum atomic E-state index is -0.888. The van der Waals surface area contributed by atoms with Crippen LogP contribution in [0.3, 0.4) is 0 Å². The number of methoxy groups -OCH3 is 2. The van der Waals surface area contributed by atoms with Gasteiger partial charge in [0.15, 0.2) is 18.9 Å². The van der Waals surface area contributed by atoms with E-state index in [4.69, 9.17) is 23.7 Å². The van der Waals surface area contributed by atoms with Gasteiger partial charge < -0.3 is 38.3 Å². The first-order valence-electron chi connectivity index (χ1n) is 7.57. The van der Waals surface area contributed by atoms with Crippen molar-refractivity contribution in [3.8, 4) is 0 Å². The van der Waals surface area contributed by atoms with E-state index in [0.29, 0.717) is 0 Å². The van der Waals surface area contributed by atoms with Gasteiger partial charge in [-0.05, 0) is 0 Å². The molecule has 0 radical (unpaired) electrons. The van der Waals surface area contributed by atoms with Crippen molar-refractivity contribution in [3.05, 3.63) is 0 Å². The van der Waals surface area contributed by atoms with Crippen LogP contribution >= 0.6 is 0 Å². The molecule has 3 heterocycles. The van der Waals surface area contributed by atoms with Crippen molar-refractivity contribution in [1.82, 2.24) is 0 Å². The molecule has 3 saturated heterocycles. The Morgan fingerprint density at radius 2 is 1.42 bits per heavy atom. The average Bonchev–Trinajstić information content (AvgIpc) is 3.11. The molecule has 0 aliphatic carbocycles. The molecule has 0 saturated carbocycles. The molecule has 3 aliphatic heterocycles. The van der Waals surface area contributed by atoms with E-state index < -0.39 is 55.2 Å². The van der Waals surface area contributed by atoms with E-state index in [2.05, 4.69) is 9.47 Å². The van der Waals surface area contributed by atoms with Crippen LogP contribution in [0.15, 0.2) is 0 Å². The van der Waals surface area contributed by atoms with Crippen LogP contribution in [0.4, 0.5) is 0 Å². The summed E-state index contributed by atoms with van der Waals surface area (Å²) in [6.45, 7) is -0.312. The van der Waals surface area contributed by atoms with Gasteiger partial charge in [-0.15, -0.1) is 0 Å². The molecule has 3 aliphatic rings. The summed E-state index contributed by atoms with van der Waals surface area (Å²) in [4.78, 5) is 22.7. The summed E-state index contributed by atoms with van der Waals surface area (Å²) < 4.78 is 37.3. The van der Waals surface area contributed by atoms with E-state index >= 15 is 0 Å². The van der Waals surface area contributed by atoms with Gasteiger partial charge in [0, 0.05) is 0 Å². The Labute approximate surface area is 137 Å². The molecular formula is C14H20O10. The Morgan fingerprint density at radius 1 is 0.833 bits per heavy atom. The Kier molecular flexibility index (Phi) is 5.33. The fourth-order valence-electron chi connectivity index (χ4n) is 2.97. The minimum Gasteiger partial charge on any atom is -0.469 e. The number of carbonyl (C=O) groups is 2. The molecule has 1 N–H and O–H groups in total. The van der Waals surface area contributed by atoms with Crippen molar-refractivity contribution in [1.29, 1.82) is 0 Å². The van der Waals surface area contributed by atoms with Gasteiger partial charge in [0.05, 0.1) is 33.7 Å². The van der Waals surface area contributed by atoms with Crippen molar-refractivity contribution < 1.29 is 47.9 Å². The molecule has 24 heavy (non-hydrogen) atoms. The number of rotatable bonds is 5. The highest BCUT2D eigenvalue weighted by Gasteiger charge is 2.58. The lowest BCUT2D eigenvalue weighted by Gasteiger charge is -2.38. The molecule has 7 atom stereocenters. The summed E-state index contributed by atoms with van der Waals surface area (Å²) in [7, 11) is 2.53. The highest BCUT2D eigenvalue weighted by atomic mass is 16.8. The van der Waals surface area contributed by atoms with E-state index in [1.807, 2.05) is 0 Å². The smallest absolute Gasteiger partial charge is 0.310 e. The lowest BCUT2D eigenvalue weighted by atomic mass is 10.0. The summed E-state index contributed by atoms with van der Waals surface area (Å²) >= 11 is 0. The number of esters is 2. The van der Waals surface area contributed by atoms with Gasteiger partial charge in [-0.25, -0.2) is 0 Å². The summed E-state index contributed by atoms with van der Waals surface area (Å²) in [6, 6.07) is 0. The predicted molar refractivity (Wildman–Crippen MR) is 72.3 cm³/mol. The molecule has 10 heteroatoms. The minimum absolute atomic E-state index is 0.0736. The quantitative estimate of drug-likeness (QED) is 0.599. The molecule has 0 bridgehead atoms. The zero-order valence-electron chi connectivity index (χ0n) is 13.3. The molecule has 10 nitrogen and oxygen atoms in total. The standard InChI is InChI=1S/C14H20O10/c1-18-7(16)3-9-20-6(5-15)11-12(21-9)13-14(24-11)23-10(22-13)4-8(17)19-2/h6,9-15H,3-5H2,1-2H3. The molecule has 0 aromatic carbocycles. The first kappa shape index (κ1) is 17.5. The van der Waals surface area contributed by atoms with Gasteiger partial charge in [0.25, 0.3) is 0 Å². The number of ether oxygens (including phenoxy) is 7. The second-order valence-electron chi connectivity index (χ2n) is 5.58. The third kappa shape index (κ3) is 3.39. The Hall–Kier alpha value is -1.30. The predicted octanol–water partition coefficient (Wildman–Crippen LogP) is -1.32. The number of aliphatic hydroxyl groups is 1. The zero-order valence-corrected chi connectivity index (χ0v) is 13.3. The maximum Gasteiger partial charge on any atom is 0.310 e. The number of fused-ring (bicyclic) bond motifs is 3. The monoisotopic (exact) mass is 348 g/mol. The maximum absolute atomic E-state index is 11.4. The van der Waals surface area contributed by atoms with E-state index in [9.17, 15) is 14.7 Å². The van der Waals surface area contributed by atoms with Gasteiger partial charge in [0.1, 0.15) is 24.4 Å². The van der Waals surface area contributed by atoms with Gasteiger partial charge in [-0.1, -0.05) is 0 Å². The van der Waals surface area contributed by atoms with Crippen LogP contribution < -0.4 is 0 Å². The van der Waals surface area contributed by atoms with E-state index in [-0.39, 0.29) is 19.4 Å².